The van der Waals surface area contributed by atoms with Crippen LogP contribution in [0.3, 0.4) is 0 Å². The van der Waals surface area contributed by atoms with Crippen LogP contribution in [0.5, 0.6) is 0 Å². The Morgan fingerprint density at radius 2 is 1.13 bits per heavy atom. The predicted octanol–water partition coefficient (Wildman–Crippen LogP) is 5.12. The van der Waals surface area contributed by atoms with E-state index in [4.69, 9.17) is 61.6 Å². The molecule has 19 nitrogen and oxygen atoms in total. The lowest BCUT2D eigenvalue weighted by molar-refractivity contribution is -0.347. The second kappa shape index (κ2) is 22.8. The van der Waals surface area contributed by atoms with E-state index < -0.39 is 144 Å². The molecule has 0 unspecified atom stereocenters. The number of ketones is 1. The molecule has 0 radical (unpaired) electrons. The Bertz CT molecular complexity index is 2070. The van der Waals surface area contributed by atoms with Crippen molar-refractivity contribution in [3.05, 3.63) is 23.3 Å². The van der Waals surface area contributed by atoms with Gasteiger partial charge in [-0.05, 0) is 105 Å². The summed E-state index contributed by atoms with van der Waals surface area (Å²) in [6.07, 6.45) is -2.49. The van der Waals surface area contributed by atoms with Crippen LogP contribution in [0.2, 0.25) is 0 Å². The van der Waals surface area contributed by atoms with E-state index in [1.54, 1.807) is 42.3 Å². The van der Waals surface area contributed by atoms with Crippen molar-refractivity contribution in [2.45, 2.75) is 267 Å². The quantitative estimate of drug-likeness (QED) is 0.0892. The zero-order valence-electron chi connectivity index (χ0n) is 46.9. The fourth-order valence-corrected chi connectivity index (χ4v) is 14.6. The van der Waals surface area contributed by atoms with Gasteiger partial charge in [0, 0.05) is 66.1 Å². The highest BCUT2D eigenvalue weighted by Crippen LogP contribution is 2.71. The second-order valence-electron chi connectivity index (χ2n) is 23.9. The summed E-state index contributed by atoms with van der Waals surface area (Å²) in [6, 6.07) is 0. The van der Waals surface area contributed by atoms with E-state index in [2.05, 4.69) is 6.92 Å². The largest absolute Gasteiger partial charge is 0.458 e. The monoisotopic (exact) mass is 1070 g/mol. The normalized spacial score (nSPS) is 49.3. The molecule has 4 heterocycles. The average molecular weight is 1070 g/mol. The molecule has 24 atom stereocenters. The predicted molar refractivity (Wildman–Crippen MR) is 269 cm³/mol. The summed E-state index contributed by atoms with van der Waals surface area (Å²) in [5.41, 5.74) is -6.10. The highest BCUT2D eigenvalue weighted by Gasteiger charge is 2.81. The van der Waals surface area contributed by atoms with Crippen molar-refractivity contribution in [2.75, 3.05) is 28.4 Å². The number of aliphatic hydroxyl groups is 4. The first-order valence-electron chi connectivity index (χ1n) is 27.6. The van der Waals surface area contributed by atoms with E-state index in [1.807, 2.05) is 47.6 Å². The number of esters is 1. The Labute approximate surface area is 443 Å². The van der Waals surface area contributed by atoms with Crippen LogP contribution in [0.1, 0.15) is 140 Å². The second-order valence-corrected chi connectivity index (χ2v) is 23.9. The number of fused-ring (bicyclic) bond motifs is 5. The Balaban J connectivity index is 0.877. The highest BCUT2D eigenvalue weighted by atomic mass is 16.8. The summed E-state index contributed by atoms with van der Waals surface area (Å²) in [5, 5.41) is 48.5. The smallest absolute Gasteiger partial charge is 0.330 e. The van der Waals surface area contributed by atoms with Gasteiger partial charge in [-0.3, -0.25) is 4.79 Å². The number of ether oxygens (including phenoxy) is 13. The minimum atomic E-state index is -2.02. The first kappa shape index (κ1) is 59.1. The van der Waals surface area contributed by atoms with Gasteiger partial charge in [0.1, 0.15) is 47.3 Å². The maximum absolute atomic E-state index is 13.6. The summed E-state index contributed by atoms with van der Waals surface area (Å²) < 4.78 is 81.6. The van der Waals surface area contributed by atoms with Gasteiger partial charge in [0.05, 0.1) is 60.4 Å². The summed E-state index contributed by atoms with van der Waals surface area (Å²) >= 11 is 0. The molecular formula is C56H90O19. The maximum atomic E-state index is 13.6. The Morgan fingerprint density at radius 1 is 0.667 bits per heavy atom. The van der Waals surface area contributed by atoms with E-state index in [0.29, 0.717) is 44.9 Å². The van der Waals surface area contributed by atoms with Crippen molar-refractivity contribution < 1.29 is 91.6 Å². The zero-order valence-corrected chi connectivity index (χ0v) is 46.9. The molecule has 0 spiro atoms. The van der Waals surface area contributed by atoms with Crippen molar-refractivity contribution in [1.82, 2.24) is 0 Å². The fraction of sp³-hybridized carbons (Fsp3) is 0.893. The molecule has 428 valence electrons. The van der Waals surface area contributed by atoms with Gasteiger partial charge in [-0.15, -0.1) is 0 Å². The molecule has 0 aromatic heterocycles. The Kier molecular flexibility index (Phi) is 18.0. The standard InChI is InChI=1S/C56H90O19/c1-28(2)29(3)21-43(58)72-42-27-41-52(9)17-16-36(22-35(52)15-18-55(41,61)56(62)20-19-54(60,34(8)57)53(42,56)10)71-44-24-38(64-12)49(31(5)68-44)74-46-26-40(66-14)51(33(7)70-46)75-47-25-39(65-13)50(32(6)69-47)73-45-23-37(63-11)48(59)30(4)67-45/h15,21,28,30-33,36-42,44-51,59-62H,16-20,22-27H2,1-14H3/t30-,31+,32+,33+,36-,37+,38-,39+,40-,41+,42+,44-,45-,46-,47-,48-,49+,50+,51+,52-,53+,54+,55-,56+/m0/s1. The first-order valence-corrected chi connectivity index (χ1v) is 27.6. The van der Waals surface area contributed by atoms with Gasteiger partial charge < -0.3 is 82.0 Å². The SMILES string of the molecule is CO[C@H]1C[C@H](O[C@H]2CC[C@@]3(C)C(=CC[C@]4(O)[C@@H]3C[C@@H](OC(=O)C=C(C)C(C)C)[C@@]3(C)[C@]4(O)CC[C@@]3(O)C(C)=O)C2)O[C@H](C)[C@H]1O[C@H]1C[C@H](OC)[C@H](O[C@H]2C[C@@H](OC)[C@H](O[C@H]3C[C@@H](OC)[C@@H](O)[C@H](C)O3)[C@@H](C)O2)[C@@H](C)O1. The van der Waals surface area contributed by atoms with Crippen molar-refractivity contribution in [2.24, 2.45) is 22.7 Å². The van der Waals surface area contributed by atoms with Crippen LogP contribution in [0.4, 0.5) is 0 Å². The fourth-order valence-electron chi connectivity index (χ4n) is 14.6. The first-order chi connectivity index (χ1) is 35.3. The number of carbonyl (C=O) groups is 2. The number of Topliss-reactive ketones (excluding diaryl/α,β-unsaturated/α-hetero) is 1. The van der Waals surface area contributed by atoms with Crippen LogP contribution in [0, 0.1) is 22.7 Å². The van der Waals surface area contributed by atoms with Crippen LogP contribution in [-0.4, -0.2) is 188 Å². The van der Waals surface area contributed by atoms with E-state index >= 15 is 0 Å². The topological polar surface area (TPSA) is 235 Å². The number of carbonyl (C=O) groups excluding carboxylic acids is 2. The number of aliphatic hydroxyl groups excluding tert-OH is 1. The molecule has 8 rings (SSSR count). The van der Waals surface area contributed by atoms with E-state index in [0.717, 1.165) is 11.1 Å². The number of methoxy groups -OCH3 is 4. The average Bonchev–Trinajstić information content (AvgIpc) is 3.60. The summed E-state index contributed by atoms with van der Waals surface area (Å²) in [5.74, 6) is -1.61. The van der Waals surface area contributed by atoms with Crippen molar-refractivity contribution in [3.8, 4) is 0 Å². The molecule has 0 amide bonds. The number of hydrogen-bond acceptors (Lipinski definition) is 19. The van der Waals surface area contributed by atoms with Gasteiger partial charge in [-0.1, -0.05) is 38.0 Å². The molecule has 4 N–H and O–H groups in total. The van der Waals surface area contributed by atoms with Gasteiger partial charge in [0.15, 0.2) is 30.9 Å². The molecule has 0 bridgehead atoms. The Hall–Kier alpha value is -2.02. The maximum Gasteiger partial charge on any atom is 0.330 e. The minimum Gasteiger partial charge on any atom is -0.458 e. The van der Waals surface area contributed by atoms with Gasteiger partial charge >= 0.3 is 5.97 Å². The minimum absolute atomic E-state index is 0.0344. The molecular weight excluding hydrogens is 977 g/mol. The van der Waals surface area contributed by atoms with Crippen LogP contribution < -0.4 is 0 Å². The van der Waals surface area contributed by atoms with E-state index in [9.17, 15) is 30.0 Å². The van der Waals surface area contributed by atoms with Crippen LogP contribution in [-0.2, 0) is 71.2 Å². The number of allylic oxidation sites excluding steroid dienone is 1. The number of hydrogen-bond donors (Lipinski definition) is 4. The van der Waals surface area contributed by atoms with Gasteiger partial charge in [0.25, 0.3) is 0 Å². The lowest BCUT2D eigenvalue weighted by atomic mass is 9.42. The van der Waals surface area contributed by atoms with Crippen LogP contribution in [0.25, 0.3) is 0 Å². The molecule has 8 aliphatic rings. The highest BCUT2D eigenvalue weighted by molar-refractivity contribution is 5.87. The molecule has 4 saturated heterocycles. The molecule has 3 saturated carbocycles. The van der Waals surface area contributed by atoms with E-state index in [1.165, 1.54) is 13.0 Å². The van der Waals surface area contributed by atoms with Crippen molar-refractivity contribution in [3.63, 3.8) is 0 Å². The lowest BCUT2D eigenvalue weighted by Gasteiger charge is -2.67. The molecule has 75 heavy (non-hydrogen) atoms. The van der Waals surface area contributed by atoms with Crippen molar-refractivity contribution in [1.29, 1.82) is 0 Å². The molecule has 7 fully saturated rings. The third-order valence-electron chi connectivity index (χ3n) is 19.6. The molecule has 4 aliphatic heterocycles. The van der Waals surface area contributed by atoms with Crippen LogP contribution >= 0.6 is 0 Å². The number of rotatable bonds is 16. The van der Waals surface area contributed by atoms with Crippen molar-refractivity contribution >= 4 is 11.8 Å². The van der Waals surface area contributed by atoms with Gasteiger partial charge in [-0.25, -0.2) is 4.79 Å². The van der Waals surface area contributed by atoms with Crippen LogP contribution in [0.15, 0.2) is 23.3 Å². The Morgan fingerprint density at radius 3 is 1.60 bits per heavy atom. The summed E-state index contributed by atoms with van der Waals surface area (Å²) in [7, 11) is 6.49. The summed E-state index contributed by atoms with van der Waals surface area (Å²) in [4.78, 5) is 26.9. The lowest BCUT2D eigenvalue weighted by Crippen LogP contribution is -2.78. The third kappa shape index (κ3) is 10.6. The molecule has 0 aromatic carbocycles. The molecule has 19 heteroatoms. The summed E-state index contributed by atoms with van der Waals surface area (Å²) in [6.45, 7) is 18.4. The van der Waals surface area contributed by atoms with Gasteiger partial charge in [-0.2, -0.15) is 0 Å². The third-order valence-corrected chi connectivity index (χ3v) is 19.6. The van der Waals surface area contributed by atoms with Gasteiger partial charge in [0.2, 0.25) is 0 Å². The molecule has 4 aliphatic carbocycles. The van der Waals surface area contributed by atoms with E-state index in [-0.39, 0.29) is 43.8 Å². The molecule has 0 aromatic rings. The zero-order chi connectivity index (χ0) is 54.7.